The van der Waals surface area contributed by atoms with Crippen LogP contribution in [0.2, 0.25) is 0 Å². The highest BCUT2D eigenvalue weighted by atomic mass is 16.5. The molecule has 0 aliphatic heterocycles. The Morgan fingerprint density at radius 3 is 2.76 bits per heavy atom. The van der Waals surface area contributed by atoms with Crippen LogP contribution in [0, 0.1) is 0 Å². The van der Waals surface area contributed by atoms with Gasteiger partial charge >= 0.3 is 5.97 Å². The van der Waals surface area contributed by atoms with Gasteiger partial charge in [-0.25, -0.2) is 4.79 Å². The molecule has 0 radical (unpaired) electrons. The third kappa shape index (κ3) is 4.28. The van der Waals surface area contributed by atoms with Gasteiger partial charge < -0.3 is 19.6 Å². The van der Waals surface area contributed by atoms with E-state index in [0.29, 0.717) is 5.76 Å². The summed E-state index contributed by atoms with van der Waals surface area (Å²) in [4.78, 5) is 21.9. The summed E-state index contributed by atoms with van der Waals surface area (Å²) in [5.74, 6) is -0.858. The molecule has 0 aliphatic rings. The third-order valence-electron chi connectivity index (χ3n) is 2.16. The third-order valence-corrected chi connectivity index (χ3v) is 2.16. The second-order valence-corrected chi connectivity index (χ2v) is 3.60. The Balaban J connectivity index is 2.32. The van der Waals surface area contributed by atoms with Crippen molar-refractivity contribution >= 4 is 11.9 Å². The predicted molar refractivity (Wildman–Crippen MR) is 58.3 cm³/mol. The van der Waals surface area contributed by atoms with Crippen LogP contribution in [0.15, 0.2) is 22.8 Å². The normalized spacial score (nSPS) is 14.0. The number of nitrogens with one attached hydrogen (secondary N) is 1. The molecule has 1 rings (SSSR count). The highest BCUT2D eigenvalue weighted by Crippen LogP contribution is 2.11. The van der Waals surface area contributed by atoms with E-state index < -0.39 is 12.1 Å². The van der Waals surface area contributed by atoms with Crippen molar-refractivity contribution in [2.75, 3.05) is 6.61 Å². The van der Waals surface area contributed by atoms with Gasteiger partial charge in [-0.05, 0) is 26.0 Å². The molecule has 0 aliphatic carbocycles. The number of furan rings is 1. The molecular weight excluding hydrogens is 226 g/mol. The minimum atomic E-state index is -1.10. The summed E-state index contributed by atoms with van der Waals surface area (Å²) in [6, 6.07) is 3.19. The van der Waals surface area contributed by atoms with Crippen molar-refractivity contribution in [1.82, 2.24) is 5.32 Å². The molecule has 0 bridgehead atoms. The molecule has 6 heteroatoms. The number of carboxylic acids is 1. The van der Waals surface area contributed by atoms with E-state index in [2.05, 4.69) is 5.32 Å². The number of rotatable bonds is 6. The molecule has 1 amide bonds. The van der Waals surface area contributed by atoms with Crippen molar-refractivity contribution in [3.63, 3.8) is 0 Å². The molecule has 0 fully saturated rings. The average molecular weight is 241 g/mol. The Morgan fingerprint density at radius 1 is 1.53 bits per heavy atom. The van der Waals surface area contributed by atoms with Crippen LogP contribution in [0.4, 0.5) is 0 Å². The van der Waals surface area contributed by atoms with Crippen molar-refractivity contribution in [2.45, 2.75) is 26.0 Å². The number of hydrogen-bond donors (Lipinski definition) is 2. The van der Waals surface area contributed by atoms with Gasteiger partial charge in [0, 0.05) is 0 Å². The minimum Gasteiger partial charge on any atom is -0.479 e. The smallest absolute Gasteiger partial charge is 0.332 e. The first-order chi connectivity index (χ1) is 8.00. The van der Waals surface area contributed by atoms with Gasteiger partial charge in [-0.1, -0.05) is 0 Å². The first-order valence-corrected chi connectivity index (χ1v) is 5.18. The Bertz CT molecular complexity index is 373. The lowest BCUT2D eigenvalue weighted by molar-refractivity contribution is -0.150. The van der Waals surface area contributed by atoms with E-state index >= 15 is 0 Å². The van der Waals surface area contributed by atoms with Crippen LogP contribution in [-0.4, -0.2) is 29.7 Å². The van der Waals surface area contributed by atoms with Gasteiger partial charge in [0.1, 0.15) is 12.4 Å². The molecule has 0 spiro atoms. The molecule has 2 atom stereocenters. The van der Waals surface area contributed by atoms with Gasteiger partial charge in [0.05, 0.1) is 12.3 Å². The molecule has 0 saturated carbocycles. The number of carbonyl (C=O) groups excluding carboxylic acids is 1. The minimum absolute atomic E-state index is 0.277. The van der Waals surface area contributed by atoms with Crippen LogP contribution in [0.1, 0.15) is 25.6 Å². The lowest BCUT2D eigenvalue weighted by Gasteiger charge is -2.12. The molecule has 1 heterocycles. The van der Waals surface area contributed by atoms with E-state index in [0.717, 1.165) is 0 Å². The maximum Gasteiger partial charge on any atom is 0.332 e. The summed E-state index contributed by atoms with van der Waals surface area (Å²) < 4.78 is 9.95. The van der Waals surface area contributed by atoms with E-state index in [1.165, 1.54) is 13.2 Å². The zero-order valence-corrected chi connectivity index (χ0v) is 9.67. The van der Waals surface area contributed by atoms with Crippen molar-refractivity contribution in [3.05, 3.63) is 24.2 Å². The van der Waals surface area contributed by atoms with Crippen molar-refractivity contribution in [3.8, 4) is 0 Å². The zero-order valence-electron chi connectivity index (χ0n) is 9.67. The Labute approximate surface area is 98.6 Å². The molecule has 2 unspecified atom stereocenters. The average Bonchev–Trinajstić information content (AvgIpc) is 2.78. The monoisotopic (exact) mass is 241 g/mol. The first kappa shape index (κ1) is 13.2. The van der Waals surface area contributed by atoms with Crippen molar-refractivity contribution in [1.29, 1.82) is 0 Å². The molecule has 1 aromatic rings. The topological polar surface area (TPSA) is 88.8 Å². The van der Waals surface area contributed by atoms with E-state index in [4.69, 9.17) is 14.3 Å². The molecular formula is C11H15NO5. The molecule has 6 nitrogen and oxygen atoms in total. The van der Waals surface area contributed by atoms with Crippen LogP contribution in [-0.2, 0) is 14.3 Å². The molecule has 17 heavy (non-hydrogen) atoms. The molecule has 0 saturated heterocycles. The van der Waals surface area contributed by atoms with E-state index in [-0.39, 0.29) is 18.6 Å². The fourth-order valence-electron chi connectivity index (χ4n) is 1.16. The standard InChI is InChI=1S/C11H15NO5/c1-7(9-4-3-5-16-9)12-10(13)6-17-8(2)11(14)15/h3-5,7-8H,6H2,1-2H3,(H,12,13)(H,14,15). The summed E-state index contributed by atoms with van der Waals surface area (Å²) in [6.07, 6.45) is 0.515. The number of ether oxygens (including phenoxy) is 1. The van der Waals surface area contributed by atoms with Gasteiger partial charge in [0.25, 0.3) is 0 Å². The summed E-state index contributed by atoms with van der Waals surface area (Å²) in [5, 5.41) is 11.2. The molecule has 1 aromatic heterocycles. The molecule has 0 aromatic carbocycles. The van der Waals surface area contributed by atoms with Gasteiger partial charge in [-0.3, -0.25) is 4.79 Å². The lowest BCUT2D eigenvalue weighted by Crippen LogP contribution is -2.32. The van der Waals surface area contributed by atoms with Gasteiger partial charge in [0.15, 0.2) is 6.10 Å². The van der Waals surface area contributed by atoms with Gasteiger partial charge in [-0.2, -0.15) is 0 Å². The number of amides is 1. The fourth-order valence-corrected chi connectivity index (χ4v) is 1.16. The maximum absolute atomic E-state index is 11.4. The van der Waals surface area contributed by atoms with Crippen LogP contribution >= 0.6 is 0 Å². The summed E-state index contributed by atoms with van der Waals surface area (Å²) in [7, 11) is 0. The van der Waals surface area contributed by atoms with E-state index in [1.54, 1.807) is 19.1 Å². The largest absolute Gasteiger partial charge is 0.479 e. The maximum atomic E-state index is 11.4. The van der Waals surface area contributed by atoms with E-state index in [9.17, 15) is 9.59 Å². The van der Waals surface area contributed by atoms with Crippen LogP contribution in [0.3, 0.4) is 0 Å². The highest BCUT2D eigenvalue weighted by Gasteiger charge is 2.15. The Morgan fingerprint density at radius 2 is 2.24 bits per heavy atom. The predicted octanol–water partition coefficient (Wildman–Crippen LogP) is 0.947. The Kier molecular flexibility index (Phi) is 4.71. The number of carboxylic acid groups (broad SMARTS) is 1. The highest BCUT2D eigenvalue weighted by molar-refractivity contribution is 5.78. The molecule has 94 valence electrons. The van der Waals surface area contributed by atoms with Crippen LogP contribution in [0.25, 0.3) is 0 Å². The quantitative estimate of drug-likeness (QED) is 0.774. The fraction of sp³-hybridized carbons (Fsp3) is 0.455. The summed E-state index contributed by atoms with van der Waals surface area (Å²) >= 11 is 0. The summed E-state index contributed by atoms with van der Waals surface area (Å²) in [5.41, 5.74) is 0. The van der Waals surface area contributed by atoms with Gasteiger partial charge in [-0.15, -0.1) is 0 Å². The SMILES string of the molecule is CC(OCC(=O)NC(C)c1ccco1)C(=O)O. The Hall–Kier alpha value is -1.82. The second kappa shape index (κ2) is 6.05. The van der Waals surface area contributed by atoms with Gasteiger partial charge in [0.2, 0.25) is 5.91 Å². The van der Waals surface area contributed by atoms with Crippen molar-refractivity contribution < 1.29 is 23.8 Å². The number of aliphatic carboxylic acids is 1. The zero-order chi connectivity index (χ0) is 12.8. The van der Waals surface area contributed by atoms with Crippen LogP contribution < -0.4 is 5.32 Å². The van der Waals surface area contributed by atoms with E-state index in [1.807, 2.05) is 0 Å². The number of hydrogen-bond acceptors (Lipinski definition) is 4. The van der Waals surface area contributed by atoms with Crippen molar-refractivity contribution in [2.24, 2.45) is 0 Å². The second-order valence-electron chi connectivity index (χ2n) is 3.60. The lowest BCUT2D eigenvalue weighted by atomic mass is 10.2. The number of carbonyl (C=O) groups is 2. The first-order valence-electron chi connectivity index (χ1n) is 5.18. The van der Waals surface area contributed by atoms with Crippen LogP contribution in [0.5, 0.6) is 0 Å². The summed E-state index contributed by atoms with van der Waals surface area (Å²) in [6.45, 7) is 2.83. The molecule has 2 N–H and O–H groups in total.